The summed E-state index contributed by atoms with van der Waals surface area (Å²) in [5, 5.41) is 14.3. The van der Waals surface area contributed by atoms with E-state index in [2.05, 4.69) is 10.5 Å². The van der Waals surface area contributed by atoms with Gasteiger partial charge in [-0.1, -0.05) is 5.16 Å². The van der Waals surface area contributed by atoms with Crippen molar-refractivity contribution in [2.75, 3.05) is 14.2 Å². The normalized spacial score (nSPS) is 11.9. The highest BCUT2D eigenvalue weighted by Gasteiger charge is 2.26. The molecule has 0 aliphatic carbocycles. The highest BCUT2D eigenvalue weighted by atomic mass is 16.5. The van der Waals surface area contributed by atoms with Crippen LogP contribution in [-0.2, 0) is 0 Å². The number of hydrogen-bond donors (Lipinski definition) is 3. The van der Waals surface area contributed by atoms with Crippen LogP contribution in [0.1, 0.15) is 24.2 Å². The van der Waals surface area contributed by atoms with Crippen LogP contribution >= 0.6 is 0 Å². The van der Waals surface area contributed by atoms with E-state index < -0.39 is 5.54 Å². The van der Waals surface area contributed by atoms with Gasteiger partial charge in [-0.05, 0) is 26.0 Å². The van der Waals surface area contributed by atoms with E-state index in [0.29, 0.717) is 17.1 Å². The van der Waals surface area contributed by atoms with Crippen LogP contribution in [0.3, 0.4) is 0 Å². The van der Waals surface area contributed by atoms with Crippen molar-refractivity contribution in [1.82, 2.24) is 5.32 Å². The summed E-state index contributed by atoms with van der Waals surface area (Å²) < 4.78 is 10.2. The molecule has 1 amide bonds. The van der Waals surface area contributed by atoms with Crippen LogP contribution in [0.2, 0.25) is 0 Å². The number of methoxy groups -OCH3 is 2. The largest absolute Gasteiger partial charge is 0.497 e. The molecule has 1 aromatic carbocycles. The van der Waals surface area contributed by atoms with E-state index in [1.807, 2.05) is 0 Å². The first-order valence-electron chi connectivity index (χ1n) is 5.87. The molecule has 0 spiro atoms. The Hall–Kier alpha value is -2.44. The summed E-state index contributed by atoms with van der Waals surface area (Å²) >= 11 is 0. The van der Waals surface area contributed by atoms with E-state index >= 15 is 0 Å². The predicted molar refractivity (Wildman–Crippen MR) is 74.5 cm³/mol. The number of carbonyl (C=O) groups excluding carboxylic acids is 1. The van der Waals surface area contributed by atoms with Crippen LogP contribution in [0.5, 0.6) is 11.5 Å². The van der Waals surface area contributed by atoms with Crippen molar-refractivity contribution in [2.45, 2.75) is 19.4 Å². The summed E-state index contributed by atoms with van der Waals surface area (Å²) in [6.45, 7) is 3.24. The van der Waals surface area contributed by atoms with Gasteiger partial charge in [0, 0.05) is 11.6 Å². The molecule has 110 valence electrons. The number of ether oxygens (including phenoxy) is 2. The van der Waals surface area contributed by atoms with Gasteiger partial charge in [0.2, 0.25) is 0 Å². The van der Waals surface area contributed by atoms with Crippen molar-refractivity contribution >= 4 is 11.7 Å². The van der Waals surface area contributed by atoms with Crippen molar-refractivity contribution in [2.24, 2.45) is 10.9 Å². The summed E-state index contributed by atoms with van der Waals surface area (Å²) in [5.41, 5.74) is 4.89. The molecule has 0 aliphatic rings. The smallest absolute Gasteiger partial charge is 0.252 e. The highest BCUT2D eigenvalue weighted by Crippen LogP contribution is 2.22. The van der Waals surface area contributed by atoms with Crippen LogP contribution in [0.25, 0.3) is 0 Å². The number of amides is 1. The van der Waals surface area contributed by atoms with E-state index in [1.165, 1.54) is 14.2 Å². The molecule has 0 aromatic heterocycles. The summed E-state index contributed by atoms with van der Waals surface area (Å²) in [6, 6.07) is 4.80. The molecule has 0 saturated carbocycles. The molecule has 0 atom stereocenters. The fourth-order valence-corrected chi connectivity index (χ4v) is 1.48. The van der Waals surface area contributed by atoms with Crippen molar-refractivity contribution in [3.05, 3.63) is 23.8 Å². The molecule has 7 nitrogen and oxygen atoms in total. The number of nitrogens with one attached hydrogen (secondary N) is 1. The minimum atomic E-state index is -0.984. The first-order chi connectivity index (χ1) is 9.33. The first-order valence-corrected chi connectivity index (χ1v) is 5.87. The molecule has 1 aromatic rings. The number of amidine groups is 1. The molecule has 0 unspecified atom stereocenters. The molecule has 0 saturated heterocycles. The molecule has 0 radical (unpaired) electrons. The van der Waals surface area contributed by atoms with Gasteiger partial charge in [0.1, 0.15) is 11.5 Å². The van der Waals surface area contributed by atoms with Gasteiger partial charge in [0.25, 0.3) is 5.91 Å². The number of rotatable bonds is 5. The number of nitrogens with two attached hydrogens (primary N) is 1. The van der Waals surface area contributed by atoms with Gasteiger partial charge in [-0.15, -0.1) is 0 Å². The Labute approximate surface area is 117 Å². The third kappa shape index (κ3) is 3.53. The van der Waals surface area contributed by atoms with Crippen molar-refractivity contribution in [3.8, 4) is 11.5 Å². The van der Waals surface area contributed by atoms with Crippen LogP contribution in [0.4, 0.5) is 0 Å². The number of benzene rings is 1. The molecular formula is C13H19N3O4. The molecule has 0 aliphatic heterocycles. The van der Waals surface area contributed by atoms with Crippen LogP contribution in [0, 0.1) is 0 Å². The minimum absolute atomic E-state index is 0.0966. The molecule has 0 fully saturated rings. The van der Waals surface area contributed by atoms with Gasteiger partial charge >= 0.3 is 0 Å². The minimum Gasteiger partial charge on any atom is -0.497 e. The second kappa shape index (κ2) is 6.14. The van der Waals surface area contributed by atoms with Gasteiger partial charge in [0.05, 0.1) is 19.8 Å². The van der Waals surface area contributed by atoms with Crippen LogP contribution in [-0.4, -0.2) is 36.7 Å². The molecular weight excluding hydrogens is 262 g/mol. The Bertz CT molecular complexity index is 504. The van der Waals surface area contributed by atoms with Crippen molar-refractivity contribution < 1.29 is 19.5 Å². The maximum absolute atomic E-state index is 12.2. The maximum Gasteiger partial charge on any atom is 0.252 e. The Kier molecular flexibility index (Phi) is 4.79. The van der Waals surface area contributed by atoms with Gasteiger partial charge in [-0.3, -0.25) is 4.79 Å². The summed E-state index contributed by atoms with van der Waals surface area (Å²) in [5.74, 6) is 0.506. The zero-order valence-corrected chi connectivity index (χ0v) is 11.9. The van der Waals surface area contributed by atoms with E-state index in [0.717, 1.165) is 0 Å². The van der Waals surface area contributed by atoms with Gasteiger partial charge in [0.15, 0.2) is 5.84 Å². The first kappa shape index (κ1) is 15.6. The molecule has 4 N–H and O–H groups in total. The fraction of sp³-hybridized carbons (Fsp3) is 0.385. The standard InChI is InChI=1S/C13H19N3O4/c1-13(2,12(14)16-18)15-11(17)8-5-9(19-3)7-10(6-8)20-4/h5-7,18H,1-4H3,(H2,14,16)(H,15,17). The topological polar surface area (TPSA) is 106 Å². The zero-order chi connectivity index (χ0) is 15.3. The summed E-state index contributed by atoms with van der Waals surface area (Å²) in [7, 11) is 2.99. The van der Waals surface area contributed by atoms with Gasteiger partial charge < -0.3 is 25.7 Å². The predicted octanol–water partition coefficient (Wildman–Crippen LogP) is 0.959. The lowest BCUT2D eigenvalue weighted by Crippen LogP contribution is -2.53. The Morgan fingerprint density at radius 2 is 1.75 bits per heavy atom. The molecule has 7 heteroatoms. The van der Waals surface area contributed by atoms with Gasteiger partial charge in [-0.25, -0.2) is 0 Å². The quantitative estimate of drug-likeness (QED) is 0.322. The second-order valence-electron chi connectivity index (χ2n) is 4.67. The number of nitrogens with zero attached hydrogens (tertiary/aromatic N) is 1. The lowest BCUT2D eigenvalue weighted by Gasteiger charge is -2.24. The SMILES string of the molecule is COc1cc(OC)cc(C(=O)NC(C)(C)/C(N)=N/O)c1. The number of carbonyl (C=O) groups is 1. The maximum atomic E-state index is 12.2. The van der Waals surface area contributed by atoms with Gasteiger partial charge in [-0.2, -0.15) is 0 Å². The number of hydrogen-bond acceptors (Lipinski definition) is 5. The molecule has 0 heterocycles. The van der Waals surface area contributed by atoms with Crippen molar-refractivity contribution in [3.63, 3.8) is 0 Å². The van der Waals surface area contributed by atoms with E-state index in [1.54, 1.807) is 32.0 Å². The highest BCUT2D eigenvalue weighted by molar-refractivity contribution is 6.00. The van der Waals surface area contributed by atoms with E-state index in [-0.39, 0.29) is 11.7 Å². The molecule has 20 heavy (non-hydrogen) atoms. The average molecular weight is 281 g/mol. The Morgan fingerprint density at radius 3 is 2.15 bits per heavy atom. The zero-order valence-electron chi connectivity index (χ0n) is 11.9. The van der Waals surface area contributed by atoms with Crippen LogP contribution < -0.4 is 20.5 Å². The Morgan fingerprint density at radius 1 is 1.25 bits per heavy atom. The number of oxime groups is 1. The third-order valence-corrected chi connectivity index (χ3v) is 2.79. The lowest BCUT2D eigenvalue weighted by molar-refractivity contribution is 0.0930. The third-order valence-electron chi connectivity index (χ3n) is 2.79. The monoisotopic (exact) mass is 281 g/mol. The average Bonchev–Trinajstić information content (AvgIpc) is 2.44. The van der Waals surface area contributed by atoms with Crippen molar-refractivity contribution in [1.29, 1.82) is 0 Å². The Balaban J connectivity index is 3.03. The fourth-order valence-electron chi connectivity index (χ4n) is 1.48. The summed E-state index contributed by atoms with van der Waals surface area (Å²) in [4.78, 5) is 12.2. The second-order valence-corrected chi connectivity index (χ2v) is 4.67. The van der Waals surface area contributed by atoms with E-state index in [4.69, 9.17) is 20.4 Å². The molecule has 0 bridgehead atoms. The summed E-state index contributed by atoms with van der Waals surface area (Å²) in [6.07, 6.45) is 0. The van der Waals surface area contributed by atoms with E-state index in [9.17, 15) is 4.79 Å². The lowest BCUT2D eigenvalue weighted by atomic mass is 10.0. The van der Waals surface area contributed by atoms with Crippen LogP contribution in [0.15, 0.2) is 23.4 Å². The molecule has 1 rings (SSSR count).